The normalized spacial score (nSPS) is 12.0. The van der Waals surface area contributed by atoms with Gasteiger partial charge in [-0.05, 0) is 35.1 Å². The summed E-state index contributed by atoms with van der Waals surface area (Å²) in [5, 5.41) is 0. The number of methoxy groups -OCH3 is 1. The smallest absolute Gasteiger partial charge is 0.243 e. The first-order valence-corrected chi connectivity index (χ1v) is 8.47. The lowest BCUT2D eigenvalue weighted by molar-refractivity contribution is 0.162. The molecule has 0 unspecified atom stereocenters. The molecule has 0 radical (unpaired) electrons. The van der Waals surface area contributed by atoms with Crippen molar-refractivity contribution in [2.75, 3.05) is 46.1 Å². The molecule has 0 spiro atoms. The number of rotatable bonds is 8. The van der Waals surface area contributed by atoms with Crippen LogP contribution in [0.1, 0.15) is 0 Å². The van der Waals surface area contributed by atoms with Crippen LogP contribution in [0.5, 0.6) is 0 Å². The number of sulfonamides is 1. The first-order valence-electron chi connectivity index (χ1n) is 6.19. The molecule has 0 aliphatic carbocycles. The van der Waals surface area contributed by atoms with E-state index in [1.807, 2.05) is 11.9 Å². The largest absolute Gasteiger partial charge is 0.399 e. The van der Waals surface area contributed by atoms with Gasteiger partial charge in [0.25, 0.3) is 0 Å². The molecule has 0 saturated carbocycles. The predicted molar refractivity (Wildman–Crippen MR) is 83.1 cm³/mol. The summed E-state index contributed by atoms with van der Waals surface area (Å²) in [6, 6.07) is 2.41. The highest BCUT2D eigenvalue weighted by Gasteiger charge is 2.21. The van der Waals surface area contributed by atoms with E-state index in [9.17, 15) is 12.8 Å². The third-order valence-electron chi connectivity index (χ3n) is 2.77. The number of nitrogens with two attached hydrogens (primary N) is 1. The molecule has 21 heavy (non-hydrogen) atoms. The molecule has 0 saturated heterocycles. The number of anilines is 1. The standard InChI is InChI=1S/C12H19BrFN3O3S/c1-17(5-6-20-2)4-3-16-21(18,19)11-8-9(15)7-10(13)12(11)14/h7-8,16H,3-6,15H2,1-2H3. The first-order chi connectivity index (χ1) is 9.77. The average molecular weight is 384 g/mol. The third-order valence-corrected chi connectivity index (χ3v) is 4.81. The van der Waals surface area contributed by atoms with Crippen LogP contribution >= 0.6 is 15.9 Å². The van der Waals surface area contributed by atoms with Crippen molar-refractivity contribution < 1.29 is 17.5 Å². The van der Waals surface area contributed by atoms with E-state index in [-0.39, 0.29) is 16.7 Å². The van der Waals surface area contributed by atoms with Crippen molar-refractivity contribution in [3.05, 3.63) is 22.4 Å². The molecule has 0 amide bonds. The Morgan fingerprint density at radius 2 is 2.10 bits per heavy atom. The fraction of sp³-hybridized carbons (Fsp3) is 0.500. The van der Waals surface area contributed by atoms with Crippen molar-refractivity contribution in [2.45, 2.75) is 4.90 Å². The number of nitrogens with zero attached hydrogens (tertiary/aromatic N) is 1. The van der Waals surface area contributed by atoms with Gasteiger partial charge in [0, 0.05) is 32.4 Å². The minimum absolute atomic E-state index is 0.0140. The van der Waals surface area contributed by atoms with Crippen molar-refractivity contribution in [1.29, 1.82) is 0 Å². The monoisotopic (exact) mass is 383 g/mol. The fourth-order valence-corrected chi connectivity index (χ4v) is 3.35. The van der Waals surface area contributed by atoms with Crippen molar-refractivity contribution in [3.8, 4) is 0 Å². The van der Waals surface area contributed by atoms with Gasteiger partial charge in [-0.2, -0.15) is 0 Å². The second-order valence-electron chi connectivity index (χ2n) is 4.51. The number of hydrogen-bond acceptors (Lipinski definition) is 5. The number of nitrogens with one attached hydrogen (secondary N) is 1. The van der Waals surface area contributed by atoms with E-state index in [4.69, 9.17) is 10.5 Å². The summed E-state index contributed by atoms with van der Waals surface area (Å²) in [6.07, 6.45) is 0. The zero-order valence-corrected chi connectivity index (χ0v) is 14.3. The summed E-state index contributed by atoms with van der Waals surface area (Å²) in [5.74, 6) is -0.857. The van der Waals surface area contributed by atoms with Crippen molar-refractivity contribution in [1.82, 2.24) is 9.62 Å². The van der Waals surface area contributed by atoms with Crippen LogP contribution in [-0.4, -0.2) is 53.7 Å². The number of halogens is 2. The summed E-state index contributed by atoms with van der Waals surface area (Å²) >= 11 is 2.94. The Labute approximate surface area is 132 Å². The molecule has 1 aromatic rings. The first kappa shape index (κ1) is 18.3. The van der Waals surface area contributed by atoms with Crippen LogP contribution in [0.2, 0.25) is 0 Å². The molecule has 0 bridgehead atoms. The Morgan fingerprint density at radius 1 is 1.43 bits per heavy atom. The summed E-state index contributed by atoms with van der Waals surface area (Å²) in [5.41, 5.74) is 5.71. The summed E-state index contributed by atoms with van der Waals surface area (Å²) in [7, 11) is -0.513. The van der Waals surface area contributed by atoms with E-state index in [0.29, 0.717) is 19.7 Å². The zero-order chi connectivity index (χ0) is 16.0. The molecule has 0 aliphatic heterocycles. The van der Waals surface area contributed by atoms with Gasteiger partial charge in [-0.3, -0.25) is 0 Å². The fourth-order valence-electron chi connectivity index (χ4n) is 1.59. The average Bonchev–Trinajstić information content (AvgIpc) is 2.40. The van der Waals surface area contributed by atoms with Crippen molar-refractivity contribution in [3.63, 3.8) is 0 Å². The SMILES string of the molecule is COCCN(C)CCNS(=O)(=O)c1cc(N)cc(Br)c1F. The Kier molecular flexibility index (Phi) is 7.01. The van der Waals surface area contributed by atoms with Gasteiger partial charge in [0.15, 0.2) is 5.82 Å². The second kappa shape index (κ2) is 8.04. The van der Waals surface area contributed by atoms with Crippen LogP contribution in [0.3, 0.4) is 0 Å². The predicted octanol–water partition coefficient (Wildman–Crippen LogP) is 1.03. The van der Waals surface area contributed by atoms with Crippen LogP contribution in [0, 0.1) is 5.82 Å². The topological polar surface area (TPSA) is 84.7 Å². The van der Waals surface area contributed by atoms with E-state index in [0.717, 1.165) is 6.07 Å². The van der Waals surface area contributed by atoms with E-state index in [1.165, 1.54) is 6.07 Å². The van der Waals surface area contributed by atoms with E-state index >= 15 is 0 Å². The lowest BCUT2D eigenvalue weighted by atomic mass is 10.3. The highest BCUT2D eigenvalue weighted by molar-refractivity contribution is 9.10. The highest BCUT2D eigenvalue weighted by Crippen LogP contribution is 2.25. The second-order valence-corrected chi connectivity index (χ2v) is 7.10. The number of likely N-dealkylation sites (N-methyl/N-ethyl adjacent to an activating group) is 1. The van der Waals surface area contributed by atoms with E-state index in [2.05, 4.69) is 20.7 Å². The molecule has 0 fully saturated rings. The molecule has 0 aliphatic rings. The Hall–Kier alpha value is -0.740. The summed E-state index contributed by atoms with van der Waals surface area (Å²) in [4.78, 5) is 1.44. The minimum atomic E-state index is -3.95. The Balaban J connectivity index is 2.70. The summed E-state index contributed by atoms with van der Waals surface area (Å²) in [6.45, 7) is 1.87. The third kappa shape index (κ3) is 5.51. The number of ether oxygens (including phenoxy) is 1. The van der Waals surface area contributed by atoms with Crippen LogP contribution in [0.4, 0.5) is 10.1 Å². The molecule has 1 aromatic carbocycles. The van der Waals surface area contributed by atoms with Gasteiger partial charge >= 0.3 is 0 Å². The zero-order valence-electron chi connectivity index (χ0n) is 11.9. The van der Waals surface area contributed by atoms with E-state index in [1.54, 1.807) is 7.11 Å². The molecule has 6 nitrogen and oxygen atoms in total. The lowest BCUT2D eigenvalue weighted by Gasteiger charge is -2.16. The quantitative estimate of drug-likeness (QED) is 0.654. The van der Waals surface area contributed by atoms with Gasteiger partial charge in [-0.1, -0.05) is 0 Å². The van der Waals surface area contributed by atoms with Gasteiger partial charge in [-0.25, -0.2) is 17.5 Å². The Bertz CT molecular complexity index is 583. The van der Waals surface area contributed by atoms with Gasteiger partial charge in [0.05, 0.1) is 11.1 Å². The van der Waals surface area contributed by atoms with Gasteiger partial charge in [0.1, 0.15) is 4.90 Å². The summed E-state index contributed by atoms with van der Waals surface area (Å²) < 4.78 is 45.3. The highest BCUT2D eigenvalue weighted by atomic mass is 79.9. The van der Waals surface area contributed by atoms with Crippen LogP contribution in [0.15, 0.2) is 21.5 Å². The maximum Gasteiger partial charge on any atom is 0.243 e. The molecular weight excluding hydrogens is 365 g/mol. The van der Waals surface area contributed by atoms with Crippen LogP contribution < -0.4 is 10.5 Å². The maximum absolute atomic E-state index is 13.9. The van der Waals surface area contributed by atoms with Crippen LogP contribution in [0.25, 0.3) is 0 Å². The lowest BCUT2D eigenvalue weighted by Crippen LogP contribution is -2.34. The van der Waals surface area contributed by atoms with E-state index < -0.39 is 20.7 Å². The van der Waals surface area contributed by atoms with Gasteiger partial charge in [0.2, 0.25) is 10.0 Å². The molecule has 0 atom stereocenters. The number of nitrogen functional groups attached to an aromatic ring is 1. The number of benzene rings is 1. The molecule has 1 rings (SSSR count). The molecule has 120 valence electrons. The molecular formula is C12H19BrFN3O3S. The van der Waals surface area contributed by atoms with Gasteiger partial charge < -0.3 is 15.4 Å². The van der Waals surface area contributed by atoms with Crippen molar-refractivity contribution in [2.24, 2.45) is 0 Å². The van der Waals surface area contributed by atoms with Gasteiger partial charge in [-0.15, -0.1) is 0 Å². The molecule has 0 aromatic heterocycles. The maximum atomic E-state index is 13.9. The molecule has 0 heterocycles. The van der Waals surface area contributed by atoms with Crippen molar-refractivity contribution >= 4 is 31.6 Å². The van der Waals surface area contributed by atoms with Crippen LogP contribution in [-0.2, 0) is 14.8 Å². The number of hydrogen-bond donors (Lipinski definition) is 2. The minimum Gasteiger partial charge on any atom is -0.399 e. The molecule has 9 heteroatoms. The Morgan fingerprint density at radius 3 is 2.71 bits per heavy atom. The molecule has 3 N–H and O–H groups in total.